The highest BCUT2D eigenvalue weighted by molar-refractivity contribution is 6.36. The summed E-state index contributed by atoms with van der Waals surface area (Å²) in [5.41, 5.74) is 2.67. The highest BCUT2D eigenvalue weighted by Crippen LogP contribution is 2.27. The van der Waals surface area contributed by atoms with Crippen molar-refractivity contribution in [3.63, 3.8) is 0 Å². The quantitative estimate of drug-likeness (QED) is 0.552. The number of carbonyl (C=O) groups is 2. The van der Waals surface area contributed by atoms with E-state index in [1.54, 1.807) is 30.0 Å². The maximum absolute atomic E-state index is 13.2. The minimum atomic E-state index is -0.642. The van der Waals surface area contributed by atoms with Crippen molar-refractivity contribution in [1.82, 2.24) is 10.2 Å². The molecule has 0 saturated carbocycles. The molecule has 2 amide bonds. The molecule has 0 spiro atoms. The maximum atomic E-state index is 13.2. The van der Waals surface area contributed by atoms with Gasteiger partial charge >= 0.3 is 0 Å². The number of rotatable bonds is 9. The minimum Gasteiger partial charge on any atom is -0.354 e. The molecule has 1 atom stereocenters. The number of benzene rings is 2. The third kappa shape index (κ3) is 6.76. The van der Waals surface area contributed by atoms with Gasteiger partial charge in [0.1, 0.15) is 6.04 Å². The van der Waals surface area contributed by atoms with E-state index in [-0.39, 0.29) is 24.8 Å². The van der Waals surface area contributed by atoms with Crippen molar-refractivity contribution in [3.8, 4) is 0 Å². The van der Waals surface area contributed by atoms with Gasteiger partial charge in [0.25, 0.3) is 0 Å². The molecule has 0 fully saturated rings. The van der Waals surface area contributed by atoms with Gasteiger partial charge in [-0.15, -0.1) is 0 Å². The van der Waals surface area contributed by atoms with Crippen LogP contribution in [0.4, 0.5) is 0 Å². The summed E-state index contributed by atoms with van der Waals surface area (Å²) in [6.45, 7) is 6.56. The average molecular weight is 435 g/mol. The molecule has 4 nitrogen and oxygen atoms in total. The number of nitrogens with one attached hydrogen (secondary N) is 1. The van der Waals surface area contributed by atoms with Gasteiger partial charge in [-0.3, -0.25) is 9.59 Å². The normalized spacial score (nSPS) is 11.8. The Balaban J connectivity index is 2.24. The molecular formula is C23H28Cl2N2O2. The van der Waals surface area contributed by atoms with Crippen LogP contribution < -0.4 is 5.32 Å². The number of hydrogen-bond acceptors (Lipinski definition) is 2. The number of hydrogen-bond donors (Lipinski definition) is 1. The van der Waals surface area contributed by atoms with Crippen LogP contribution in [0.15, 0.2) is 42.5 Å². The molecule has 0 aromatic heterocycles. The van der Waals surface area contributed by atoms with Gasteiger partial charge in [-0.05, 0) is 38.0 Å². The molecule has 0 aliphatic rings. The number of nitrogens with zero attached hydrogens (tertiary/aromatic N) is 1. The maximum Gasteiger partial charge on any atom is 0.242 e. The fraction of sp³-hybridized carbons (Fsp3) is 0.391. The van der Waals surface area contributed by atoms with Crippen LogP contribution in [0.2, 0.25) is 10.0 Å². The predicted molar refractivity (Wildman–Crippen MR) is 119 cm³/mol. The van der Waals surface area contributed by atoms with Gasteiger partial charge in [-0.25, -0.2) is 0 Å². The molecule has 2 rings (SSSR count). The lowest BCUT2D eigenvalue weighted by Crippen LogP contribution is -2.48. The molecule has 0 radical (unpaired) electrons. The molecular weight excluding hydrogens is 407 g/mol. The molecule has 0 aliphatic heterocycles. The highest BCUT2D eigenvalue weighted by atomic mass is 35.5. The fourth-order valence-corrected chi connectivity index (χ4v) is 3.47. The van der Waals surface area contributed by atoms with Crippen LogP contribution in [0.25, 0.3) is 0 Å². The molecule has 2 aromatic rings. The molecule has 0 aliphatic carbocycles. The highest BCUT2D eigenvalue weighted by Gasteiger charge is 2.27. The lowest BCUT2D eigenvalue weighted by molar-refractivity contribution is -0.140. The number of aryl methyl sites for hydroxylation is 1. The van der Waals surface area contributed by atoms with Crippen LogP contribution in [0.3, 0.4) is 0 Å². The lowest BCUT2D eigenvalue weighted by atomic mass is 10.1. The summed E-state index contributed by atoms with van der Waals surface area (Å²) in [7, 11) is 0. The van der Waals surface area contributed by atoms with Crippen LogP contribution in [0.5, 0.6) is 0 Å². The number of halogens is 2. The predicted octanol–water partition coefficient (Wildman–Crippen LogP) is 5.18. The SMILES string of the molecule is CCCCNC(=O)[C@@H](C)N(Cc1c(Cl)cccc1Cl)C(=O)Cc1ccc(C)cc1. The van der Waals surface area contributed by atoms with Gasteiger partial charge < -0.3 is 10.2 Å². The molecule has 0 saturated heterocycles. The topological polar surface area (TPSA) is 49.4 Å². The Bertz CT molecular complexity index is 817. The molecule has 1 N–H and O–H groups in total. The van der Waals surface area contributed by atoms with Crippen molar-refractivity contribution in [3.05, 3.63) is 69.2 Å². The molecule has 6 heteroatoms. The summed E-state index contributed by atoms with van der Waals surface area (Å²) in [4.78, 5) is 27.4. The van der Waals surface area contributed by atoms with E-state index >= 15 is 0 Å². The fourth-order valence-electron chi connectivity index (χ4n) is 2.95. The van der Waals surface area contributed by atoms with Crippen molar-refractivity contribution >= 4 is 35.0 Å². The summed E-state index contributed by atoms with van der Waals surface area (Å²) in [6.07, 6.45) is 2.08. The third-order valence-electron chi connectivity index (χ3n) is 4.86. The van der Waals surface area contributed by atoms with E-state index in [1.807, 2.05) is 31.2 Å². The summed E-state index contributed by atoms with van der Waals surface area (Å²) in [5, 5.41) is 3.86. The van der Waals surface area contributed by atoms with Crippen molar-refractivity contribution in [1.29, 1.82) is 0 Å². The van der Waals surface area contributed by atoms with Crippen molar-refractivity contribution in [2.45, 2.75) is 52.6 Å². The number of carbonyl (C=O) groups excluding carboxylic acids is 2. The first kappa shape index (κ1) is 23.2. The zero-order valence-corrected chi connectivity index (χ0v) is 18.7. The van der Waals surface area contributed by atoms with Gasteiger partial charge in [0.05, 0.1) is 6.42 Å². The van der Waals surface area contributed by atoms with Gasteiger partial charge in [0.2, 0.25) is 11.8 Å². The van der Waals surface area contributed by atoms with Crippen molar-refractivity contribution in [2.75, 3.05) is 6.54 Å². The van der Waals surface area contributed by atoms with Crippen LogP contribution in [-0.2, 0) is 22.6 Å². The second-order valence-electron chi connectivity index (χ2n) is 7.20. The second kappa shape index (κ2) is 11.2. The smallest absolute Gasteiger partial charge is 0.242 e. The van der Waals surface area contributed by atoms with E-state index in [0.717, 1.165) is 24.0 Å². The van der Waals surface area contributed by atoms with Crippen LogP contribution in [0, 0.1) is 6.92 Å². The molecule has 0 unspecified atom stereocenters. The van der Waals surface area contributed by atoms with Crippen molar-refractivity contribution < 1.29 is 9.59 Å². The van der Waals surface area contributed by atoms with Crippen molar-refractivity contribution in [2.24, 2.45) is 0 Å². The zero-order chi connectivity index (χ0) is 21.4. The monoisotopic (exact) mass is 434 g/mol. The standard InChI is InChI=1S/C23H28Cl2N2O2/c1-4-5-13-26-23(29)17(3)27(15-19-20(24)7-6-8-21(19)25)22(28)14-18-11-9-16(2)10-12-18/h6-12,17H,4-5,13-15H2,1-3H3,(H,26,29)/t17-/m1/s1. The first-order chi connectivity index (χ1) is 13.8. The van der Waals surface area contributed by atoms with E-state index in [1.165, 1.54) is 0 Å². The zero-order valence-electron chi connectivity index (χ0n) is 17.2. The van der Waals surface area contributed by atoms with Gasteiger partial charge in [0.15, 0.2) is 0 Å². The van der Waals surface area contributed by atoms with Gasteiger partial charge in [-0.1, -0.05) is 72.4 Å². The van der Waals surface area contributed by atoms with Gasteiger partial charge in [-0.2, -0.15) is 0 Å². The van der Waals surface area contributed by atoms with E-state index in [4.69, 9.17) is 23.2 Å². The lowest BCUT2D eigenvalue weighted by Gasteiger charge is -2.29. The summed E-state index contributed by atoms with van der Waals surface area (Å²) >= 11 is 12.6. The molecule has 2 aromatic carbocycles. The Kier molecular flexibility index (Phi) is 8.99. The molecule has 29 heavy (non-hydrogen) atoms. The van der Waals surface area contributed by atoms with Crippen LogP contribution in [0.1, 0.15) is 43.4 Å². The number of unbranched alkanes of at least 4 members (excludes halogenated alkanes) is 1. The third-order valence-corrected chi connectivity index (χ3v) is 5.57. The first-order valence-electron chi connectivity index (χ1n) is 9.89. The summed E-state index contributed by atoms with van der Waals surface area (Å²) in [5.74, 6) is -0.332. The van der Waals surface area contributed by atoms with Crippen LogP contribution in [-0.4, -0.2) is 29.3 Å². The average Bonchev–Trinajstić information content (AvgIpc) is 2.69. The second-order valence-corrected chi connectivity index (χ2v) is 8.02. The van der Waals surface area contributed by atoms with Gasteiger partial charge in [0, 0.05) is 28.7 Å². The largest absolute Gasteiger partial charge is 0.354 e. The molecule has 0 heterocycles. The van der Waals surface area contributed by atoms with Crippen LogP contribution >= 0.6 is 23.2 Å². The molecule has 0 bridgehead atoms. The van der Waals surface area contributed by atoms with E-state index in [9.17, 15) is 9.59 Å². The van der Waals surface area contributed by atoms with E-state index in [2.05, 4.69) is 12.2 Å². The first-order valence-corrected chi connectivity index (χ1v) is 10.6. The Labute approximate surface area is 183 Å². The Morgan fingerprint density at radius 2 is 1.69 bits per heavy atom. The number of amides is 2. The Morgan fingerprint density at radius 3 is 2.28 bits per heavy atom. The Hall–Kier alpha value is -2.04. The van der Waals surface area contributed by atoms with E-state index < -0.39 is 6.04 Å². The minimum absolute atomic E-state index is 0.150. The molecule has 156 valence electrons. The van der Waals surface area contributed by atoms with E-state index in [0.29, 0.717) is 22.2 Å². The Morgan fingerprint density at radius 1 is 1.07 bits per heavy atom. The summed E-state index contributed by atoms with van der Waals surface area (Å²) in [6, 6.07) is 12.4. The summed E-state index contributed by atoms with van der Waals surface area (Å²) < 4.78 is 0.